The zero-order valence-electron chi connectivity index (χ0n) is 8.38. The highest BCUT2D eigenvalue weighted by Crippen LogP contribution is 2.27. The van der Waals surface area contributed by atoms with Crippen LogP contribution in [0.3, 0.4) is 0 Å². The molecule has 0 fully saturated rings. The Balaban J connectivity index is 2.90. The van der Waals surface area contributed by atoms with Crippen molar-refractivity contribution >= 4 is 58.0 Å². The molecule has 0 saturated heterocycles. The van der Waals surface area contributed by atoms with Gasteiger partial charge < -0.3 is 4.90 Å². The summed E-state index contributed by atoms with van der Waals surface area (Å²) in [6.07, 6.45) is 0. The lowest BCUT2D eigenvalue weighted by Gasteiger charge is -2.24. The van der Waals surface area contributed by atoms with Crippen molar-refractivity contribution in [3.63, 3.8) is 0 Å². The molecule has 0 N–H and O–H groups in total. The lowest BCUT2D eigenvalue weighted by molar-refractivity contribution is -0.118. The van der Waals surface area contributed by atoms with Crippen molar-refractivity contribution < 1.29 is 4.79 Å². The molecule has 1 aromatic rings. The van der Waals surface area contributed by atoms with Crippen LogP contribution in [0.2, 0.25) is 5.02 Å². The number of halogens is 4. The standard InChI is InChI=1S/C10H9Cl4NO/c1-15(9(16)10(13,14)6-11)8-4-2-7(12)3-5-8/h2-5H,6H2,1H3. The SMILES string of the molecule is CN(C(=O)C(Cl)(Cl)CCl)c1ccc(Cl)cc1. The minimum absolute atomic E-state index is 0.174. The Morgan fingerprint density at radius 1 is 1.31 bits per heavy atom. The quantitative estimate of drug-likeness (QED) is 0.779. The highest BCUT2D eigenvalue weighted by atomic mass is 35.5. The zero-order valence-corrected chi connectivity index (χ0v) is 11.4. The number of rotatable bonds is 3. The topological polar surface area (TPSA) is 20.3 Å². The number of hydrogen-bond donors (Lipinski definition) is 0. The van der Waals surface area contributed by atoms with Gasteiger partial charge in [-0.2, -0.15) is 0 Å². The summed E-state index contributed by atoms with van der Waals surface area (Å²) in [5, 5.41) is 0.588. The van der Waals surface area contributed by atoms with Gasteiger partial charge >= 0.3 is 0 Å². The Labute approximate surface area is 114 Å². The second-order valence-corrected chi connectivity index (χ2v) is 5.37. The van der Waals surface area contributed by atoms with Crippen molar-refractivity contribution in [3.05, 3.63) is 29.3 Å². The van der Waals surface area contributed by atoms with Crippen molar-refractivity contribution in [3.8, 4) is 0 Å². The molecule has 0 heterocycles. The molecule has 0 saturated carbocycles. The van der Waals surface area contributed by atoms with E-state index in [1.807, 2.05) is 0 Å². The molecule has 6 heteroatoms. The van der Waals surface area contributed by atoms with Crippen LogP contribution in [-0.2, 0) is 4.79 Å². The smallest absolute Gasteiger partial charge is 0.264 e. The summed E-state index contributed by atoms with van der Waals surface area (Å²) in [7, 11) is 1.57. The van der Waals surface area contributed by atoms with Crippen molar-refractivity contribution in [1.29, 1.82) is 0 Å². The molecule has 0 aliphatic heterocycles. The summed E-state index contributed by atoms with van der Waals surface area (Å²) in [5.41, 5.74) is 0.644. The third kappa shape index (κ3) is 3.17. The first-order chi connectivity index (χ1) is 7.38. The van der Waals surface area contributed by atoms with Gasteiger partial charge in [0, 0.05) is 17.8 Å². The Kier molecular flexibility index (Phi) is 4.74. The van der Waals surface area contributed by atoms with Crippen LogP contribution >= 0.6 is 46.4 Å². The molecule has 1 rings (SSSR count). The van der Waals surface area contributed by atoms with Crippen molar-refractivity contribution in [2.75, 3.05) is 17.8 Å². The van der Waals surface area contributed by atoms with Crippen molar-refractivity contribution in [2.24, 2.45) is 0 Å². The molecule has 0 bridgehead atoms. The molecule has 0 spiro atoms. The van der Waals surface area contributed by atoms with Gasteiger partial charge in [0.25, 0.3) is 5.91 Å². The summed E-state index contributed by atoms with van der Waals surface area (Å²) < 4.78 is -1.62. The van der Waals surface area contributed by atoms with E-state index >= 15 is 0 Å². The molecule has 1 aromatic carbocycles. The Hall–Kier alpha value is -0.150. The molecular formula is C10H9Cl4NO. The summed E-state index contributed by atoms with van der Waals surface area (Å²) in [6.45, 7) is 0. The second-order valence-electron chi connectivity index (χ2n) is 3.18. The van der Waals surface area contributed by atoms with Crippen LogP contribution in [0, 0.1) is 0 Å². The first-order valence-electron chi connectivity index (χ1n) is 4.36. The molecule has 0 aliphatic rings. The van der Waals surface area contributed by atoms with Crippen molar-refractivity contribution in [2.45, 2.75) is 4.33 Å². The third-order valence-electron chi connectivity index (χ3n) is 2.00. The minimum Gasteiger partial charge on any atom is -0.313 e. The van der Waals surface area contributed by atoms with Gasteiger partial charge in [-0.25, -0.2) is 0 Å². The Bertz CT molecular complexity index is 377. The van der Waals surface area contributed by atoms with Gasteiger partial charge in [0.05, 0.1) is 5.88 Å². The number of carbonyl (C=O) groups excluding carboxylic acids is 1. The number of nitrogens with zero attached hydrogens (tertiary/aromatic N) is 1. The van der Waals surface area contributed by atoms with Crippen LogP contribution in [0.15, 0.2) is 24.3 Å². The van der Waals surface area contributed by atoms with Crippen LogP contribution < -0.4 is 4.90 Å². The molecule has 0 aromatic heterocycles. The predicted molar refractivity (Wildman–Crippen MR) is 70.0 cm³/mol. The molecule has 0 atom stereocenters. The fourth-order valence-corrected chi connectivity index (χ4v) is 1.58. The van der Waals surface area contributed by atoms with Gasteiger partial charge in [-0.3, -0.25) is 4.79 Å². The van der Waals surface area contributed by atoms with Gasteiger partial charge in [0.2, 0.25) is 4.33 Å². The predicted octanol–water partition coefficient (Wildman–Crippen LogP) is 3.72. The number of alkyl halides is 3. The van der Waals surface area contributed by atoms with E-state index in [1.54, 1.807) is 31.3 Å². The van der Waals surface area contributed by atoms with Gasteiger partial charge in [-0.1, -0.05) is 34.8 Å². The number of carbonyl (C=O) groups is 1. The van der Waals surface area contributed by atoms with E-state index in [2.05, 4.69) is 0 Å². The lowest BCUT2D eigenvalue weighted by Crippen LogP contribution is -2.41. The number of amides is 1. The summed E-state index contributed by atoms with van der Waals surface area (Å²) >= 11 is 22.8. The Morgan fingerprint density at radius 3 is 2.25 bits per heavy atom. The average molecular weight is 301 g/mol. The molecule has 16 heavy (non-hydrogen) atoms. The van der Waals surface area contributed by atoms with Crippen LogP contribution in [0.1, 0.15) is 0 Å². The summed E-state index contributed by atoms with van der Waals surface area (Å²) in [5.74, 6) is -0.652. The largest absolute Gasteiger partial charge is 0.313 e. The maximum Gasteiger partial charge on any atom is 0.264 e. The summed E-state index contributed by atoms with van der Waals surface area (Å²) in [6, 6.07) is 6.73. The maximum atomic E-state index is 11.8. The molecule has 0 aliphatic carbocycles. The monoisotopic (exact) mass is 299 g/mol. The number of benzene rings is 1. The number of anilines is 1. The molecule has 0 unspecified atom stereocenters. The van der Waals surface area contributed by atoms with Gasteiger partial charge in [-0.05, 0) is 24.3 Å². The lowest BCUT2D eigenvalue weighted by atomic mass is 10.3. The fourth-order valence-electron chi connectivity index (χ4n) is 1.08. The molecule has 2 nitrogen and oxygen atoms in total. The van der Waals surface area contributed by atoms with Gasteiger partial charge in [0.1, 0.15) is 0 Å². The van der Waals surface area contributed by atoms with Gasteiger partial charge in [-0.15, -0.1) is 11.6 Å². The first kappa shape index (κ1) is 13.9. The normalized spacial score (nSPS) is 11.3. The third-order valence-corrected chi connectivity index (χ3v) is 3.52. The summed E-state index contributed by atoms with van der Waals surface area (Å²) in [4.78, 5) is 13.2. The molecular weight excluding hydrogens is 292 g/mol. The molecule has 1 amide bonds. The van der Waals surface area contributed by atoms with E-state index in [9.17, 15) is 4.79 Å². The second kappa shape index (κ2) is 5.46. The van der Waals surface area contributed by atoms with E-state index in [0.29, 0.717) is 10.7 Å². The fraction of sp³-hybridized carbons (Fsp3) is 0.300. The van der Waals surface area contributed by atoms with Crippen molar-refractivity contribution in [1.82, 2.24) is 0 Å². The molecule has 0 radical (unpaired) electrons. The van der Waals surface area contributed by atoms with Crippen LogP contribution in [-0.4, -0.2) is 23.2 Å². The highest BCUT2D eigenvalue weighted by molar-refractivity contribution is 6.61. The van der Waals surface area contributed by atoms with Crippen LogP contribution in [0.5, 0.6) is 0 Å². The van der Waals surface area contributed by atoms with E-state index in [-0.39, 0.29) is 5.88 Å². The minimum atomic E-state index is -1.62. The van der Waals surface area contributed by atoms with Crippen LogP contribution in [0.4, 0.5) is 5.69 Å². The van der Waals surface area contributed by atoms with Crippen LogP contribution in [0.25, 0.3) is 0 Å². The van der Waals surface area contributed by atoms with E-state index < -0.39 is 10.2 Å². The Morgan fingerprint density at radius 2 is 1.81 bits per heavy atom. The van der Waals surface area contributed by atoms with E-state index in [0.717, 1.165) is 0 Å². The number of hydrogen-bond acceptors (Lipinski definition) is 1. The van der Waals surface area contributed by atoms with E-state index in [1.165, 1.54) is 4.90 Å². The van der Waals surface area contributed by atoms with E-state index in [4.69, 9.17) is 46.4 Å². The maximum absolute atomic E-state index is 11.8. The van der Waals surface area contributed by atoms with Gasteiger partial charge in [0.15, 0.2) is 0 Å². The first-order valence-corrected chi connectivity index (χ1v) is 6.03. The average Bonchev–Trinajstić information content (AvgIpc) is 2.28. The molecule has 88 valence electrons. The zero-order chi connectivity index (χ0) is 12.3. The highest BCUT2D eigenvalue weighted by Gasteiger charge is 2.35.